The zero-order chi connectivity index (χ0) is 21.8. The Balaban J connectivity index is 1.88. The minimum atomic E-state index is -0.619. The number of amides is 1. The highest BCUT2D eigenvalue weighted by molar-refractivity contribution is 7.19. The lowest BCUT2D eigenvalue weighted by atomic mass is 10.1. The van der Waals surface area contributed by atoms with Gasteiger partial charge in [-0.05, 0) is 38.5 Å². The number of aromatic nitrogens is 1. The van der Waals surface area contributed by atoms with Crippen molar-refractivity contribution in [2.24, 2.45) is 0 Å². The molecule has 156 valence electrons. The monoisotopic (exact) mass is 428 g/mol. The van der Waals surface area contributed by atoms with Gasteiger partial charge in [0.1, 0.15) is 5.60 Å². The maximum absolute atomic E-state index is 13.2. The molecule has 0 N–H and O–H groups in total. The van der Waals surface area contributed by atoms with Gasteiger partial charge < -0.3 is 4.74 Å². The Hall–Kier alpha value is -3.44. The first-order valence-electron chi connectivity index (χ1n) is 10.1. The summed E-state index contributed by atoms with van der Waals surface area (Å²) in [5.74, 6) is 0. The van der Waals surface area contributed by atoms with Gasteiger partial charge in [-0.2, -0.15) is 0 Å². The normalized spacial score (nSPS) is 11.2. The number of nitrogens with zero attached hydrogens (tertiary/aromatic N) is 2. The summed E-state index contributed by atoms with van der Waals surface area (Å²) in [7, 11) is 0. The number of benzene rings is 3. The van der Waals surface area contributed by atoms with E-state index in [2.05, 4.69) is 12.1 Å². The molecule has 1 heterocycles. The molecular weight excluding hydrogens is 404 g/mol. The fourth-order valence-electron chi connectivity index (χ4n) is 3.16. The standard InChI is InChI=1S/C26H24N2O2S/c1-26(2,3)30-25(29)28(21-17-11-6-12-18-21)24-27-22(19-13-7-4-8-14-19)23(31-24)20-15-9-5-10-16-20/h4-18H,1-3H3. The fraction of sp³-hybridized carbons (Fsp3) is 0.154. The molecule has 0 bridgehead atoms. The first kappa shape index (κ1) is 20.8. The van der Waals surface area contributed by atoms with Crippen LogP contribution in [-0.2, 0) is 4.74 Å². The van der Waals surface area contributed by atoms with Crippen LogP contribution in [-0.4, -0.2) is 16.7 Å². The molecule has 0 aliphatic heterocycles. The molecule has 3 aromatic carbocycles. The van der Waals surface area contributed by atoms with Crippen LogP contribution in [0.2, 0.25) is 0 Å². The average molecular weight is 429 g/mol. The summed E-state index contributed by atoms with van der Waals surface area (Å²) in [6.45, 7) is 5.59. The number of rotatable bonds is 4. The van der Waals surface area contributed by atoms with Gasteiger partial charge in [-0.25, -0.2) is 14.7 Å². The predicted molar refractivity (Wildman–Crippen MR) is 128 cm³/mol. The fourth-order valence-corrected chi connectivity index (χ4v) is 4.26. The highest BCUT2D eigenvalue weighted by atomic mass is 32.1. The van der Waals surface area contributed by atoms with E-state index in [1.165, 1.54) is 11.3 Å². The van der Waals surface area contributed by atoms with E-state index < -0.39 is 11.7 Å². The molecule has 31 heavy (non-hydrogen) atoms. The second-order valence-corrected chi connectivity index (χ2v) is 9.04. The Labute approximate surface area is 186 Å². The lowest BCUT2D eigenvalue weighted by Crippen LogP contribution is -2.33. The van der Waals surface area contributed by atoms with Gasteiger partial charge in [-0.3, -0.25) is 0 Å². The maximum atomic E-state index is 13.2. The molecule has 0 unspecified atom stereocenters. The highest BCUT2D eigenvalue weighted by Crippen LogP contribution is 2.42. The minimum Gasteiger partial charge on any atom is -0.443 e. The summed E-state index contributed by atoms with van der Waals surface area (Å²) < 4.78 is 5.72. The zero-order valence-corrected chi connectivity index (χ0v) is 18.6. The lowest BCUT2D eigenvalue weighted by molar-refractivity contribution is 0.0599. The van der Waals surface area contributed by atoms with Crippen molar-refractivity contribution in [3.05, 3.63) is 91.0 Å². The molecule has 0 aliphatic rings. The van der Waals surface area contributed by atoms with Crippen molar-refractivity contribution in [2.45, 2.75) is 26.4 Å². The van der Waals surface area contributed by atoms with E-state index in [-0.39, 0.29) is 0 Å². The van der Waals surface area contributed by atoms with Crippen LogP contribution in [0.1, 0.15) is 20.8 Å². The summed E-state index contributed by atoms with van der Waals surface area (Å²) in [5, 5.41) is 0.568. The largest absolute Gasteiger partial charge is 0.443 e. The van der Waals surface area contributed by atoms with E-state index in [4.69, 9.17) is 9.72 Å². The maximum Gasteiger partial charge on any atom is 0.421 e. The number of hydrogen-bond acceptors (Lipinski definition) is 4. The number of thiazole rings is 1. The van der Waals surface area contributed by atoms with Crippen LogP contribution in [0.5, 0.6) is 0 Å². The molecule has 4 aromatic rings. The number of hydrogen-bond donors (Lipinski definition) is 0. The summed E-state index contributed by atoms with van der Waals surface area (Å²) in [6.07, 6.45) is -0.452. The summed E-state index contributed by atoms with van der Waals surface area (Å²) in [4.78, 5) is 20.7. The van der Waals surface area contributed by atoms with Crippen molar-refractivity contribution in [1.82, 2.24) is 4.98 Å². The smallest absolute Gasteiger partial charge is 0.421 e. The van der Waals surface area contributed by atoms with Crippen molar-refractivity contribution in [1.29, 1.82) is 0 Å². The third-order valence-corrected chi connectivity index (χ3v) is 5.57. The van der Waals surface area contributed by atoms with Crippen molar-refractivity contribution in [3.63, 3.8) is 0 Å². The third-order valence-electron chi connectivity index (χ3n) is 4.48. The quantitative estimate of drug-likeness (QED) is 0.337. The number of carbonyl (C=O) groups excluding carboxylic acids is 1. The lowest BCUT2D eigenvalue weighted by Gasteiger charge is -2.25. The highest BCUT2D eigenvalue weighted by Gasteiger charge is 2.28. The first-order valence-corrected chi connectivity index (χ1v) is 10.9. The van der Waals surface area contributed by atoms with Gasteiger partial charge in [0.2, 0.25) is 5.13 Å². The van der Waals surface area contributed by atoms with Crippen LogP contribution in [0, 0.1) is 0 Å². The van der Waals surface area contributed by atoms with Gasteiger partial charge >= 0.3 is 6.09 Å². The summed E-state index contributed by atoms with van der Waals surface area (Å²) in [6, 6.07) is 29.6. The Morgan fingerprint density at radius 3 is 1.87 bits per heavy atom. The van der Waals surface area contributed by atoms with E-state index in [9.17, 15) is 4.79 Å². The topological polar surface area (TPSA) is 42.4 Å². The molecule has 0 aliphatic carbocycles. The molecule has 0 saturated heterocycles. The Morgan fingerprint density at radius 1 is 0.806 bits per heavy atom. The molecule has 0 fully saturated rings. The second-order valence-electron chi connectivity index (χ2n) is 8.06. The van der Waals surface area contributed by atoms with Crippen LogP contribution in [0.4, 0.5) is 15.6 Å². The van der Waals surface area contributed by atoms with Crippen LogP contribution in [0.15, 0.2) is 91.0 Å². The van der Waals surface area contributed by atoms with Crippen molar-refractivity contribution >= 4 is 28.2 Å². The molecule has 4 rings (SSSR count). The van der Waals surface area contributed by atoms with E-state index in [0.717, 1.165) is 21.7 Å². The van der Waals surface area contributed by atoms with Crippen molar-refractivity contribution in [3.8, 4) is 21.7 Å². The number of para-hydroxylation sites is 1. The minimum absolute atomic E-state index is 0.452. The van der Waals surface area contributed by atoms with E-state index in [1.54, 1.807) is 4.90 Å². The van der Waals surface area contributed by atoms with Gasteiger partial charge in [-0.15, -0.1) is 0 Å². The molecule has 5 heteroatoms. The molecule has 0 spiro atoms. The van der Waals surface area contributed by atoms with Crippen molar-refractivity contribution in [2.75, 3.05) is 4.90 Å². The average Bonchev–Trinajstić information content (AvgIpc) is 3.19. The summed E-state index contributed by atoms with van der Waals surface area (Å²) >= 11 is 1.48. The Bertz CT molecular complexity index is 1090. The van der Waals surface area contributed by atoms with E-state index in [1.807, 2.05) is 99.6 Å². The Morgan fingerprint density at radius 2 is 1.32 bits per heavy atom. The SMILES string of the molecule is CC(C)(C)OC(=O)N(c1ccccc1)c1nc(-c2ccccc2)c(-c2ccccc2)s1. The molecule has 0 atom stereocenters. The Kier molecular flexibility index (Phi) is 5.87. The molecule has 0 radical (unpaired) electrons. The molecular formula is C26H24N2O2S. The van der Waals surface area contributed by atoms with Crippen molar-refractivity contribution < 1.29 is 9.53 Å². The molecule has 1 amide bonds. The van der Waals surface area contributed by atoms with Crippen LogP contribution in [0.25, 0.3) is 21.7 Å². The van der Waals surface area contributed by atoms with E-state index >= 15 is 0 Å². The predicted octanol–water partition coefficient (Wildman–Crippen LogP) is 7.55. The van der Waals surface area contributed by atoms with E-state index in [0.29, 0.717) is 10.8 Å². The first-order chi connectivity index (χ1) is 14.9. The van der Waals surface area contributed by atoms with Gasteiger partial charge in [-0.1, -0.05) is 90.2 Å². The van der Waals surface area contributed by atoms with Gasteiger partial charge in [0.05, 0.1) is 16.3 Å². The second kappa shape index (κ2) is 8.74. The molecule has 4 nitrogen and oxygen atoms in total. The van der Waals surface area contributed by atoms with Gasteiger partial charge in [0, 0.05) is 5.56 Å². The van der Waals surface area contributed by atoms with Crippen LogP contribution in [0.3, 0.4) is 0 Å². The number of ether oxygens (including phenoxy) is 1. The van der Waals surface area contributed by atoms with Crippen LogP contribution < -0.4 is 4.90 Å². The van der Waals surface area contributed by atoms with Gasteiger partial charge in [0.25, 0.3) is 0 Å². The molecule has 1 aromatic heterocycles. The summed E-state index contributed by atoms with van der Waals surface area (Å²) in [5.41, 5.74) is 3.00. The number of anilines is 2. The van der Waals surface area contributed by atoms with Gasteiger partial charge in [0.15, 0.2) is 0 Å². The zero-order valence-electron chi connectivity index (χ0n) is 17.8. The van der Waals surface area contributed by atoms with Crippen LogP contribution >= 0.6 is 11.3 Å². The number of carbonyl (C=O) groups is 1. The molecule has 0 saturated carbocycles. The third kappa shape index (κ3) is 4.84.